The van der Waals surface area contributed by atoms with Crippen LogP contribution in [0.3, 0.4) is 0 Å². The molecule has 1 aromatic rings. The zero-order valence-corrected chi connectivity index (χ0v) is 13.5. The summed E-state index contributed by atoms with van der Waals surface area (Å²) in [5, 5.41) is 9.46. The maximum Gasteiger partial charge on any atom is 0.307 e. The number of hydrogen-bond acceptors (Lipinski definition) is 2. The monoisotopic (exact) mass is 315 g/mol. The highest BCUT2D eigenvalue weighted by Crippen LogP contribution is 2.36. The molecule has 124 valence electrons. The first kappa shape index (κ1) is 16.0. The molecule has 1 amide bonds. The molecular weight excluding hydrogens is 290 g/mol. The lowest BCUT2D eigenvalue weighted by atomic mass is 9.82. The van der Waals surface area contributed by atoms with Crippen LogP contribution >= 0.6 is 0 Å². The van der Waals surface area contributed by atoms with Crippen LogP contribution in [0.5, 0.6) is 0 Å². The van der Waals surface area contributed by atoms with Gasteiger partial charge >= 0.3 is 5.97 Å². The second kappa shape index (κ2) is 7.16. The van der Waals surface area contributed by atoms with Crippen LogP contribution < -0.4 is 0 Å². The molecule has 1 aromatic carbocycles. The first-order valence-electron chi connectivity index (χ1n) is 8.68. The Labute approximate surface area is 137 Å². The van der Waals surface area contributed by atoms with Crippen molar-refractivity contribution in [1.29, 1.82) is 0 Å². The summed E-state index contributed by atoms with van der Waals surface area (Å²) in [5.74, 6) is -0.204. The zero-order chi connectivity index (χ0) is 16.2. The van der Waals surface area contributed by atoms with Crippen molar-refractivity contribution < 1.29 is 14.7 Å². The van der Waals surface area contributed by atoms with Crippen LogP contribution in [0.15, 0.2) is 30.3 Å². The van der Waals surface area contributed by atoms with E-state index in [0.29, 0.717) is 18.3 Å². The quantitative estimate of drug-likeness (QED) is 0.909. The lowest BCUT2D eigenvalue weighted by Gasteiger charge is -2.22. The topological polar surface area (TPSA) is 57.6 Å². The minimum Gasteiger partial charge on any atom is -0.481 e. The molecule has 2 fully saturated rings. The summed E-state index contributed by atoms with van der Waals surface area (Å²) in [5.41, 5.74) is 0.975. The van der Waals surface area contributed by atoms with E-state index in [1.54, 1.807) is 0 Å². The van der Waals surface area contributed by atoms with Crippen molar-refractivity contribution in [3.63, 3.8) is 0 Å². The molecule has 2 aliphatic rings. The maximum atomic E-state index is 12.6. The van der Waals surface area contributed by atoms with Crippen LogP contribution in [0.4, 0.5) is 0 Å². The number of hydrogen-bond donors (Lipinski definition) is 1. The minimum atomic E-state index is -0.876. The molecule has 1 saturated carbocycles. The van der Waals surface area contributed by atoms with E-state index >= 15 is 0 Å². The predicted octanol–water partition coefficient (Wildman–Crippen LogP) is 2.97. The summed E-state index contributed by atoms with van der Waals surface area (Å²) in [6, 6.07) is 9.56. The number of likely N-dealkylation sites (tertiary alicyclic amines) is 1. The van der Waals surface area contributed by atoms with Crippen molar-refractivity contribution in [3.8, 4) is 0 Å². The number of nitrogens with zero attached hydrogens (tertiary/aromatic N) is 1. The smallest absolute Gasteiger partial charge is 0.307 e. The first-order valence-corrected chi connectivity index (χ1v) is 8.68. The number of carbonyl (C=O) groups excluding carboxylic acids is 1. The van der Waals surface area contributed by atoms with Gasteiger partial charge in [0.25, 0.3) is 0 Å². The van der Waals surface area contributed by atoms with E-state index < -0.39 is 11.9 Å². The number of aliphatic carboxylic acids is 1. The molecule has 1 saturated heterocycles. The van der Waals surface area contributed by atoms with Crippen LogP contribution in [0.1, 0.15) is 37.7 Å². The van der Waals surface area contributed by atoms with Crippen molar-refractivity contribution in [2.24, 2.45) is 17.8 Å². The SMILES string of the molecule is O=C(O)[C@H](CC(=O)N1CC2CCCCC2C1)Cc1ccccc1. The van der Waals surface area contributed by atoms with Gasteiger partial charge in [-0.15, -0.1) is 0 Å². The minimum absolute atomic E-state index is 0.0164. The van der Waals surface area contributed by atoms with Crippen LogP contribution in [0.25, 0.3) is 0 Å². The summed E-state index contributed by atoms with van der Waals surface area (Å²) in [6.45, 7) is 1.67. The van der Waals surface area contributed by atoms with Crippen molar-refractivity contribution >= 4 is 11.9 Å². The average molecular weight is 315 g/mol. The largest absolute Gasteiger partial charge is 0.481 e. The van der Waals surface area contributed by atoms with Crippen LogP contribution in [-0.2, 0) is 16.0 Å². The third kappa shape index (κ3) is 3.92. The molecule has 0 bridgehead atoms. The van der Waals surface area contributed by atoms with Gasteiger partial charge in [0.2, 0.25) is 5.91 Å². The summed E-state index contributed by atoms with van der Waals surface area (Å²) in [7, 11) is 0. The normalized spacial score (nSPS) is 25.0. The van der Waals surface area contributed by atoms with Gasteiger partial charge in [0.15, 0.2) is 0 Å². The van der Waals surface area contributed by atoms with Gasteiger partial charge in [-0.3, -0.25) is 9.59 Å². The Morgan fingerprint density at radius 3 is 2.26 bits per heavy atom. The van der Waals surface area contributed by atoms with Gasteiger partial charge in [0.05, 0.1) is 5.92 Å². The Bertz CT molecular complexity index is 543. The molecule has 1 heterocycles. The molecule has 3 atom stereocenters. The molecular formula is C19H25NO3. The van der Waals surface area contributed by atoms with Gasteiger partial charge in [0, 0.05) is 19.5 Å². The van der Waals surface area contributed by atoms with Crippen molar-refractivity contribution in [2.45, 2.75) is 38.5 Å². The molecule has 0 aromatic heterocycles. The summed E-state index contributed by atoms with van der Waals surface area (Å²) >= 11 is 0. The summed E-state index contributed by atoms with van der Waals surface area (Å²) < 4.78 is 0. The zero-order valence-electron chi connectivity index (χ0n) is 13.5. The number of carboxylic acid groups (broad SMARTS) is 1. The Morgan fingerprint density at radius 1 is 1.09 bits per heavy atom. The predicted molar refractivity (Wildman–Crippen MR) is 87.9 cm³/mol. The van der Waals surface area contributed by atoms with Crippen LogP contribution in [0, 0.1) is 17.8 Å². The van der Waals surface area contributed by atoms with E-state index in [0.717, 1.165) is 18.7 Å². The fourth-order valence-electron chi connectivity index (χ4n) is 4.09. The molecule has 3 rings (SSSR count). The van der Waals surface area contributed by atoms with Gasteiger partial charge in [-0.2, -0.15) is 0 Å². The Balaban J connectivity index is 1.59. The first-order chi connectivity index (χ1) is 11.1. The lowest BCUT2D eigenvalue weighted by molar-refractivity contribution is -0.145. The maximum absolute atomic E-state index is 12.6. The number of rotatable bonds is 5. The molecule has 0 spiro atoms. The molecule has 1 aliphatic heterocycles. The van der Waals surface area contributed by atoms with Crippen LogP contribution in [0.2, 0.25) is 0 Å². The second-order valence-corrected chi connectivity index (χ2v) is 7.03. The third-order valence-corrected chi connectivity index (χ3v) is 5.42. The number of carbonyl (C=O) groups is 2. The van der Waals surface area contributed by atoms with Crippen LogP contribution in [-0.4, -0.2) is 35.0 Å². The highest BCUT2D eigenvalue weighted by molar-refractivity contribution is 5.82. The van der Waals surface area contributed by atoms with Gasteiger partial charge in [-0.1, -0.05) is 43.2 Å². The third-order valence-electron chi connectivity index (χ3n) is 5.42. The van der Waals surface area contributed by atoms with Crippen molar-refractivity contribution in [2.75, 3.05) is 13.1 Å². The van der Waals surface area contributed by atoms with Gasteiger partial charge in [-0.25, -0.2) is 0 Å². The average Bonchev–Trinajstić information content (AvgIpc) is 2.99. The molecule has 0 radical (unpaired) electrons. The standard InChI is InChI=1S/C19H25NO3/c21-18(20-12-15-8-4-5-9-16(15)13-20)11-17(19(22)23)10-14-6-2-1-3-7-14/h1-3,6-7,15-17H,4-5,8-13H2,(H,22,23)/t15?,16?,17-/m0/s1. The molecule has 23 heavy (non-hydrogen) atoms. The van der Waals surface area contributed by atoms with E-state index in [-0.39, 0.29) is 12.3 Å². The van der Waals surface area contributed by atoms with Gasteiger partial charge < -0.3 is 10.0 Å². The molecule has 4 heteroatoms. The highest BCUT2D eigenvalue weighted by atomic mass is 16.4. The van der Waals surface area contributed by atoms with E-state index in [2.05, 4.69) is 0 Å². The molecule has 1 N–H and O–H groups in total. The summed E-state index contributed by atoms with van der Waals surface area (Å²) in [4.78, 5) is 26.0. The second-order valence-electron chi connectivity index (χ2n) is 7.03. The fraction of sp³-hybridized carbons (Fsp3) is 0.579. The number of amides is 1. The van der Waals surface area contributed by atoms with E-state index in [1.807, 2.05) is 35.2 Å². The van der Waals surface area contributed by atoms with E-state index in [9.17, 15) is 14.7 Å². The highest BCUT2D eigenvalue weighted by Gasteiger charge is 2.37. The number of carboxylic acids is 1. The lowest BCUT2D eigenvalue weighted by Crippen LogP contribution is -2.33. The Morgan fingerprint density at radius 2 is 1.70 bits per heavy atom. The summed E-state index contributed by atoms with van der Waals surface area (Å²) in [6.07, 6.45) is 5.53. The van der Waals surface area contributed by atoms with Crippen molar-refractivity contribution in [3.05, 3.63) is 35.9 Å². The molecule has 4 nitrogen and oxygen atoms in total. The molecule has 2 unspecified atom stereocenters. The number of fused-ring (bicyclic) bond motifs is 1. The Kier molecular flexibility index (Phi) is 4.99. The van der Waals surface area contributed by atoms with Gasteiger partial charge in [-0.05, 0) is 36.7 Å². The van der Waals surface area contributed by atoms with Gasteiger partial charge in [0.1, 0.15) is 0 Å². The molecule has 1 aliphatic carbocycles. The Hall–Kier alpha value is -1.84. The van der Waals surface area contributed by atoms with E-state index in [4.69, 9.17) is 0 Å². The van der Waals surface area contributed by atoms with E-state index in [1.165, 1.54) is 25.7 Å². The fourth-order valence-corrected chi connectivity index (χ4v) is 4.09. The number of benzene rings is 1. The van der Waals surface area contributed by atoms with Crippen molar-refractivity contribution in [1.82, 2.24) is 4.90 Å².